The van der Waals surface area contributed by atoms with Crippen molar-refractivity contribution in [3.05, 3.63) is 12.2 Å². The molecule has 4 nitrogen and oxygen atoms in total. The molecule has 0 bridgehead atoms. The fourth-order valence-corrected chi connectivity index (χ4v) is 1.75. The van der Waals surface area contributed by atoms with E-state index in [-0.39, 0.29) is 11.7 Å². The monoisotopic (exact) mass is 226 g/mol. The van der Waals surface area contributed by atoms with E-state index in [2.05, 4.69) is 13.5 Å². The molecule has 0 N–H and O–H groups in total. The lowest BCUT2D eigenvalue weighted by Crippen LogP contribution is -2.27. The summed E-state index contributed by atoms with van der Waals surface area (Å²) in [6.07, 6.45) is 2.90. The van der Waals surface area contributed by atoms with E-state index in [9.17, 15) is 9.59 Å². The molecule has 2 unspecified atom stereocenters. The summed E-state index contributed by atoms with van der Waals surface area (Å²) in [6, 6.07) is 0. The summed E-state index contributed by atoms with van der Waals surface area (Å²) in [6.45, 7) is 7.02. The third kappa shape index (κ3) is 3.08. The maximum absolute atomic E-state index is 11.3. The Morgan fingerprint density at radius 3 is 2.75 bits per heavy atom. The first kappa shape index (κ1) is 12.7. The number of esters is 2. The molecule has 0 aromatic heterocycles. The van der Waals surface area contributed by atoms with Crippen molar-refractivity contribution in [3.8, 4) is 0 Å². The van der Waals surface area contributed by atoms with Gasteiger partial charge in [0.2, 0.25) is 0 Å². The molecular weight excluding hydrogens is 208 g/mol. The lowest BCUT2D eigenvalue weighted by atomic mass is 10.0. The zero-order chi connectivity index (χ0) is 12.1. The normalized spacial score (nSPS) is 24.4. The molecule has 16 heavy (non-hydrogen) atoms. The zero-order valence-electron chi connectivity index (χ0n) is 9.82. The molecule has 1 aliphatic rings. The van der Waals surface area contributed by atoms with Crippen LogP contribution >= 0.6 is 0 Å². The van der Waals surface area contributed by atoms with Gasteiger partial charge in [0.05, 0.1) is 5.57 Å². The van der Waals surface area contributed by atoms with Gasteiger partial charge in [-0.25, -0.2) is 4.79 Å². The number of hydrogen-bond acceptors (Lipinski definition) is 4. The molecule has 1 saturated heterocycles. The lowest BCUT2D eigenvalue weighted by Gasteiger charge is -2.17. The van der Waals surface area contributed by atoms with E-state index in [4.69, 9.17) is 9.47 Å². The van der Waals surface area contributed by atoms with E-state index in [1.165, 1.54) is 6.92 Å². The zero-order valence-corrected chi connectivity index (χ0v) is 9.82. The summed E-state index contributed by atoms with van der Waals surface area (Å²) < 4.78 is 10.2. The molecule has 0 saturated carbocycles. The Morgan fingerprint density at radius 1 is 1.50 bits per heavy atom. The predicted octanol–water partition coefficient (Wildman–Crippen LogP) is 1.98. The van der Waals surface area contributed by atoms with Gasteiger partial charge in [0.1, 0.15) is 6.10 Å². The van der Waals surface area contributed by atoms with E-state index >= 15 is 0 Å². The number of hydrogen-bond donors (Lipinski definition) is 0. The van der Waals surface area contributed by atoms with Crippen molar-refractivity contribution in [1.29, 1.82) is 0 Å². The van der Waals surface area contributed by atoms with Crippen molar-refractivity contribution in [3.63, 3.8) is 0 Å². The van der Waals surface area contributed by atoms with Crippen LogP contribution in [0.2, 0.25) is 0 Å². The average Bonchev–Trinajstić information content (AvgIpc) is 2.46. The van der Waals surface area contributed by atoms with Crippen molar-refractivity contribution in [2.24, 2.45) is 0 Å². The molecule has 2 atom stereocenters. The Labute approximate surface area is 95.6 Å². The van der Waals surface area contributed by atoms with Crippen LogP contribution in [-0.2, 0) is 19.1 Å². The van der Waals surface area contributed by atoms with Gasteiger partial charge >= 0.3 is 11.9 Å². The van der Waals surface area contributed by atoms with Crippen molar-refractivity contribution in [2.45, 2.75) is 51.7 Å². The molecule has 0 radical (unpaired) electrons. The maximum atomic E-state index is 11.3. The minimum Gasteiger partial charge on any atom is -0.455 e. The van der Waals surface area contributed by atoms with Crippen molar-refractivity contribution in [2.75, 3.05) is 0 Å². The molecule has 1 heterocycles. The summed E-state index contributed by atoms with van der Waals surface area (Å²) in [5, 5.41) is 0. The van der Waals surface area contributed by atoms with E-state index in [1.807, 2.05) is 0 Å². The van der Waals surface area contributed by atoms with E-state index in [1.54, 1.807) is 0 Å². The summed E-state index contributed by atoms with van der Waals surface area (Å²) in [5.74, 6) is -0.863. The van der Waals surface area contributed by atoms with Crippen LogP contribution in [0.3, 0.4) is 0 Å². The number of ether oxygens (including phenoxy) is 2. The SMILES string of the molecule is C=C1C(=O)OC(CCCCC)C1OC(C)=O. The van der Waals surface area contributed by atoms with Crippen LogP contribution in [0.5, 0.6) is 0 Å². The van der Waals surface area contributed by atoms with Crippen LogP contribution in [0.25, 0.3) is 0 Å². The molecule has 0 aromatic rings. The summed E-state index contributed by atoms with van der Waals surface area (Å²) in [4.78, 5) is 22.2. The van der Waals surface area contributed by atoms with Crippen LogP contribution in [0, 0.1) is 0 Å². The second-order valence-corrected chi connectivity index (χ2v) is 3.99. The molecule has 0 spiro atoms. The molecule has 90 valence electrons. The number of unbranched alkanes of at least 4 members (excludes halogenated alkanes) is 2. The minimum atomic E-state index is -0.596. The van der Waals surface area contributed by atoms with E-state index < -0.39 is 18.0 Å². The summed E-state index contributed by atoms with van der Waals surface area (Å²) >= 11 is 0. The average molecular weight is 226 g/mol. The van der Waals surface area contributed by atoms with Crippen molar-refractivity contribution < 1.29 is 19.1 Å². The largest absolute Gasteiger partial charge is 0.455 e. The fraction of sp³-hybridized carbons (Fsp3) is 0.667. The minimum absolute atomic E-state index is 0.247. The Bertz CT molecular complexity index is 295. The highest BCUT2D eigenvalue weighted by Crippen LogP contribution is 2.26. The van der Waals surface area contributed by atoms with Crippen LogP contribution in [0.15, 0.2) is 12.2 Å². The Balaban J connectivity index is 2.56. The lowest BCUT2D eigenvalue weighted by molar-refractivity contribution is -0.150. The number of carbonyl (C=O) groups excluding carboxylic acids is 2. The summed E-state index contributed by atoms with van der Waals surface area (Å²) in [5.41, 5.74) is 0.247. The Kier molecular flexibility index (Phi) is 4.52. The van der Waals surface area contributed by atoms with Crippen LogP contribution in [0.4, 0.5) is 0 Å². The van der Waals surface area contributed by atoms with Gasteiger partial charge in [-0.3, -0.25) is 4.79 Å². The highest BCUT2D eigenvalue weighted by atomic mass is 16.6. The molecule has 1 rings (SSSR count). The first-order valence-corrected chi connectivity index (χ1v) is 5.63. The first-order valence-electron chi connectivity index (χ1n) is 5.63. The number of carbonyl (C=O) groups is 2. The number of rotatable bonds is 5. The third-order valence-electron chi connectivity index (χ3n) is 2.59. The quantitative estimate of drug-likeness (QED) is 0.408. The second-order valence-electron chi connectivity index (χ2n) is 3.99. The van der Waals surface area contributed by atoms with Gasteiger partial charge in [-0.05, 0) is 12.8 Å². The number of cyclic esters (lactones) is 1. The van der Waals surface area contributed by atoms with Gasteiger partial charge in [0, 0.05) is 6.92 Å². The van der Waals surface area contributed by atoms with Gasteiger partial charge < -0.3 is 9.47 Å². The molecule has 0 aliphatic carbocycles. The topological polar surface area (TPSA) is 52.6 Å². The van der Waals surface area contributed by atoms with Crippen molar-refractivity contribution >= 4 is 11.9 Å². The first-order chi connectivity index (χ1) is 7.56. The second kappa shape index (κ2) is 5.68. The molecule has 1 aliphatic heterocycles. The smallest absolute Gasteiger partial charge is 0.337 e. The van der Waals surface area contributed by atoms with Crippen LogP contribution in [-0.4, -0.2) is 24.1 Å². The predicted molar refractivity (Wildman–Crippen MR) is 58.7 cm³/mol. The van der Waals surface area contributed by atoms with Crippen LogP contribution < -0.4 is 0 Å². The van der Waals surface area contributed by atoms with E-state index in [0.29, 0.717) is 0 Å². The molecule has 0 aromatic carbocycles. The molecule has 4 heteroatoms. The van der Waals surface area contributed by atoms with Crippen molar-refractivity contribution in [1.82, 2.24) is 0 Å². The third-order valence-corrected chi connectivity index (χ3v) is 2.59. The van der Waals surface area contributed by atoms with Gasteiger partial charge in [0.25, 0.3) is 0 Å². The molecular formula is C12H18O4. The summed E-state index contributed by atoms with van der Waals surface area (Å²) in [7, 11) is 0. The standard InChI is InChI=1S/C12H18O4/c1-4-5-6-7-10-11(15-9(3)13)8(2)12(14)16-10/h10-11H,2,4-7H2,1,3H3. The van der Waals surface area contributed by atoms with Crippen LogP contribution in [0.1, 0.15) is 39.5 Å². The van der Waals surface area contributed by atoms with Gasteiger partial charge in [0.15, 0.2) is 6.10 Å². The van der Waals surface area contributed by atoms with Gasteiger partial charge in [-0.1, -0.05) is 26.3 Å². The fourth-order valence-electron chi connectivity index (χ4n) is 1.75. The van der Waals surface area contributed by atoms with Gasteiger partial charge in [-0.2, -0.15) is 0 Å². The maximum Gasteiger partial charge on any atom is 0.337 e. The Morgan fingerprint density at radius 2 is 2.19 bits per heavy atom. The molecule has 1 fully saturated rings. The Hall–Kier alpha value is -1.32. The van der Waals surface area contributed by atoms with Gasteiger partial charge in [-0.15, -0.1) is 0 Å². The highest BCUT2D eigenvalue weighted by Gasteiger charge is 2.40. The van der Waals surface area contributed by atoms with E-state index in [0.717, 1.165) is 25.7 Å². The molecule has 0 amide bonds. The highest BCUT2D eigenvalue weighted by molar-refractivity contribution is 5.92.